The smallest absolute Gasteiger partial charge is 0.234 e. The second kappa shape index (κ2) is 6.75. The van der Waals surface area contributed by atoms with Crippen molar-refractivity contribution in [1.82, 2.24) is 15.0 Å². The number of benzene rings is 2. The highest BCUT2D eigenvalue weighted by Gasteiger charge is 2.15. The Bertz CT molecular complexity index is 920. The zero-order chi connectivity index (χ0) is 17.9. The summed E-state index contributed by atoms with van der Waals surface area (Å²) in [5.74, 6) is 3.02. The van der Waals surface area contributed by atoms with Crippen molar-refractivity contribution in [2.45, 2.75) is 6.61 Å². The first-order valence-electron chi connectivity index (χ1n) is 8.01. The van der Waals surface area contributed by atoms with Gasteiger partial charge < -0.3 is 24.8 Å². The number of nitrogen functional groups attached to an aromatic ring is 1. The van der Waals surface area contributed by atoms with E-state index in [1.807, 2.05) is 42.3 Å². The average molecular weight is 351 g/mol. The second-order valence-corrected chi connectivity index (χ2v) is 5.61. The number of aromatic nitrogens is 3. The Morgan fingerprint density at radius 3 is 2.69 bits per heavy atom. The fraction of sp³-hybridized carbons (Fsp3) is 0.167. The molecule has 1 aliphatic heterocycles. The summed E-state index contributed by atoms with van der Waals surface area (Å²) in [6.45, 7) is 0.375. The van der Waals surface area contributed by atoms with E-state index in [0.717, 1.165) is 5.69 Å². The lowest BCUT2D eigenvalue weighted by Gasteiger charge is -2.17. The lowest BCUT2D eigenvalue weighted by molar-refractivity contribution is 0.173. The minimum absolute atomic E-state index is 0.141. The first-order chi connectivity index (χ1) is 12.7. The Morgan fingerprint density at radius 1 is 1.04 bits per heavy atom. The highest BCUT2D eigenvalue weighted by atomic mass is 16.7. The van der Waals surface area contributed by atoms with Gasteiger partial charge in [0, 0.05) is 18.8 Å². The molecule has 8 nitrogen and oxygen atoms in total. The van der Waals surface area contributed by atoms with E-state index in [4.69, 9.17) is 19.9 Å². The molecule has 26 heavy (non-hydrogen) atoms. The number of hydrogen-bond acceptors (Lipinski definition) is 8. The topological polar surface area (TPSA) is 95.6 Å². The molecule has 1 aromatic heterocycles. The molecule has 2 aromatic carbocycles. The molecule has 0 saturated carbocycles. The van der Waals surface area contributed by atoms with Crippen molar-refractivity contribution in [3.63, 3.8) is 0 Å². The van der Waals surface area contributed by atoms with Gasteiger partial charge in [-0.15, -0.1) is 0 Å². The summed E-state index contributed by atoms with van der Waals surface area (Å²) in [7, 11) is 1.87. The van der Waals surface area contributed by atoms with Crippen molar-refractivity contribution in [2.75, 3.05) is 24.5 Å². The van der Waals surface area contributed by atoms with Crippen molar-refractivity contribution in [3.05, 3.63) is 54.4 Å². The Balaban J connectivity index is 1.51. The van der Waals surface area contributed by atoms with Gasteiger partial charge in [0.05, 0.1) is 0 Å². The standard InChI is InChI=1S/C18H17N5O3/c1-23(12-5-3-2-4-6-12)18-21-16(20-17(19)22-18)10-24-13-7-8-14-15(9-13)26-11-25-14/h2-9H,10-11H2,1H3,(H2,19,20,21,22). The van der Waals surface area contributed by atoms with Gasteiger partial charge >= 0.3 is 0 Å². The summed E-state index contributed by atoms with van der Waals surface area (Å²) < 4.78 is 16.4. The molecule has 0 unspecified atom stereocenters. The zero-order valence-corrected chi connectivity index (χ0v) is 14.1. The molecule has 0 atom stereocenters. The van der Waals surface area contributed by atoms with Crippen molar-refractivity contribution < 1.29 is 14.2 Å². The van der Waals surface area contributed by atoms with Crippen LogP contribution in [-0.2, 0) is 6.61 Å². The maximum atomic E-state index is 5.84. The summed E-state index contributed by atoms with van der Waals surface area (Å²) in [6.07, 6.45) is 0. The number of fused-ring (bicyclic) bond motifs is 1. The first-order valence-corrected chi connectivity index (χ1v) is 8.01. The molecule has 0 radical (unpaired) electrons. The molecule has 0 spiro atoms. The third kappa shape index (κ3) is 3.30. The fourth-order valence-electron chi connectivity index (χ4n) is 2.52. The van der Waals surface area contributed by atoms with Gasteiger partial charge in [-0.05, 0) is 24.3 Å². The molecule has 2 heterocycles. The summed E-state index contributed by atoms with van der Waals surface area (Å²) in [5, 5.41) is 0. The number of nitrogens with zero attached hydrogens (tertiary/aromatic N) is 4. The van der Waals surface area contributed by atoms with Crippen LogP contribution in [0, 0.1) is 0 Å². The Morgan fingerprint density at radius 2 is 1.85 bits per heavy atom. The summed E-state index contributed by atoms with van der Waals surface area (Å²) in [6, 6.07) is 15.1. The lowest BCUT2D eigenvalue weighted by Crippen LogP contribution is -2.17. The van der Waals surface area contributed by atoms with Gasteiger partial charge in [-0.3, -0.25) is 0 Å². The van der Waals surface area contributed by atoms with Crippen molar-refractivity contribution in [3.8, 4) is 17.2 Å². The summed E-state index contributed by atoms with van der Waals surface area (Å²) in [4.78, 5) is 14.6. The van der Waals surface area contributed by atoms with Crippen molar-refractivity contribution in [1.29, 1.82) is 0 Å². The van der Waals surface area contributed by atoms with Gasteiger partial charge in [-0.2, -0.15) is 15.0 Å². The molecular weight excluding hydrogens is 334 g/mol. The van der Waals surface area contributed by atoms with E-state index in [0.29, 0.717) is 29.0 Å². The van der Waals surface area contributed by atoms with Gasteiger partial charge in [0.2, 0.25) is 18.7 Å². The average Bonchev–Trinajstić information content (AvgIpc) is 3.14. The third-order valence-corrected chi connectivity index (χ3v) is 3.84. The van der Waals surface area contributed by atoms with Crippen LogP contribution in [0.25, 0.3) is 0 Å². The van der Waals surface area contributed by atoms with E-state index in [2.05, 4.69) is 15.0 Å². The van der Waals surface area contributed by atoms with Crippen molar-refractivity contribution in [2.24, 2.45) is 0 Å². The fourth-order valence-corrected chi connectivity index (χ4v) is 2.52. The molecule has 2 N–H and O–H groups in total. The van der Waals surface area contributed by atoms with Gasteiger partial charge in [0.25, 0.3) is 0 Å². The predicted molar refractivity (Wildman–Crippen MR) is 95.6 cm³/mol. The van der Waals surface area contributed by atoms with Gasteiger partial charge in [0.15, 0.2) is 17.3 Å². The molecule has 0 saturated heterocycles. The van der Waals surface area contributed by atoms with E-state index in [-0.39, 0.29) is 19.3 Å². The SMILES string of the molecule is CN(c1ccccc1)c1nc(N)nc(COc2ccc3c(c2)OCO3)n1. The quantitative estimate of drug-likeness (QED) is 0.749. The number of nitrogens with two attached hydrogens (primary N) is 1. The molecule has 1 aliphatic rings. The highest BCUT2D eigenvalue weighted by molar-refractivity contribution is 5.56. The van der Waals surface area contributed by atoms with E-state index >= 15 is 0 Å². The van der Waals surface area contributed by atoms with Crippen LogP contribution < -0.4 is 24.8 Å². The Hall–Kier alpha value is -3.55. The molecular formula is C18H17N5O3. The Kier molecular flexibility index (Phi) is 4.14. The normalized spacial score (nSPS) is 12.0. The molecule has 0 bridgehead atoms. The lowest BCUT2D eigenvalue weighted by atomic mass is 10.3. The van der Waals surface area contributed by atoms with Crippen LogP contribution in [-0.4, -0.2) is 28.8 Å². The van der Waals surface area contributed by atoms with Crippen LogP contribution in [0.5, 0.6) is 17.2 Å². The summed E-state index contributed by atoms with van der Waals surface area (Å²) in [5.41, 5.74) is 6.78. The maximum Gasteiger partial charge on any atom is 0.234 e. The molecule has 8 heteroatoms. The molecule has 4 rings (SSSR count). The van der Waals surface area contributed by atoms with Crippen LogP contribution in [0.15, 0.2) is 48.5 Å². The van der Waals surface area contributed by atoms with Gasteiger partial charge in [0.1, 0.15) is 12.4 Å². The Labute approximate surface area is 150 Å². The van der Waals surface area contributed by atoms with Gasteiger partial charge in [-0.1, -0.05) is 18.2 Å². The minimum atomic E-state index is 0.141. The van der Waals surface area contributed by atoms with Crippen molar-refractivity contribution >= 4 is 17.6 Å². The van der Waals surface area contributed by atoms with Gasteiger partial charge in [-0.25, -0.2) is 0 Å². The largest absolute Gasteiger partial charge is 0.485 e. The minimum Gasteiger partial charge on any atom is -0.485 e. The third-order valence-electron chi connectivity index (χ3n) is 3.84. The zero-order valence-electron chi connectivity index (χ0n) is 14.1. The molecule has 132 valence electrons. The monoisotopic (exact) mass is 351 g/mol. The second-order valence-electron chi connectivity index (χ2n) is 5.61. The number of para-hydroxylation sites is 1. The maximum absolute atomic E-state index is 5.84. The number of hydrogen-bond donors (Lipinski definition) is 1. The summed E-state index contributed by atoms with van der Waals surface area (Å²) >= 11 is 0. The number of ether oxygens (including phenoxy) is 3. The number of anilines is 3. The van der Waals surface area contributed by atoms with E-state index in [1.165, 1.54) is 0 Å². The molecule has 3 aromatic rings. The van der Waals surface area contributed by atoms with Crippen LogP contribution in [0.2, 0.25) is 0 Å². The van der Waals surface area contributed by atoms with E-state index in [1.54, 1.807) is 18.2 Å². The molecule has 0 aliphatic carbocycles. The molecule has 0 amide bonds. The van der Waals surface area contributed by atoms with E-state index in [9.17, 15) is 0 Å². The van der Waals surface area contributed by atoms with Crippen LogP contribution in [0.4, 0.5) is 17.6 Å². The highest BCUT2D eigenvalue weighted by Crippen LogP contribution is 2.35. The predicted octanol–water partition coefficient (Wildman–Crippen LogP) is 2.53. The van der Waals surface area contributed by atoms with Crippen LogP contribution in [0.3, 0.4) is 0 Å². The molecule has 0 fully saturated rings. The first kappa shape index (κ1) is 15.9. The number of rotatable bonds is 5. The van der Waals surface area contributed by atoms with Crippen LogP contribution in [0.1, 0.15) is 5.82 Å². The van der Waals surface area contributed by atoms with Crippen LogP contribution >= 0.6 is 0 Å². The van der Waals surface area contributed by atoms with E-state index < -0.39 is 0 Å².